The highest BCUT2D eigenvalue weighted by atomic mass is 16.3. The van der Waals surface area contributed by atoms with E-state index in [1.807, 2.05) is 11.8 Å². The van der Waals surface area contributed by atoms with E-state index >= 15 is 0 Å². The average Bonchev–Trinajstić information content (AvgIpc) is 2.29. The quantitative estimate of drug-likeness (QED) is 0.722. The summed E-state index contributed by atoms with van der Waals surface area (Å²) in [6.45, 7) is 4.46. The Balaban J connectivity index is 2.52. The highest BCUT2D eigenvalue weighted by Gasteiger charge is 2.34. The molecule has 0 aromatic rings. The van der Waals surface area contributed by atoms with Crippen LogP contribution in [0.25, 0.3) is 0 Å². The van der Waals surface area contributed by atoms with Crippen LogP contribution in [0.2, 0.25) is 0 Å². The Hall–Kier alpha value is -0.810. The lowest BCUT2D eigenvalue weighted by Gasteiger charge is -2.41. The van der Waals surface area contributed by atoms with E-state index in [0.29, 0.717) is 13.1 Å². The van der Waals surface area contributed by atoms with Crippen molar-refractivity contribution < 1.29 is 9.90 Å². The van der Waals surface area contributed by atoms with E-state index in [4.69, 9.17) is 0 Å². The summed E-state index contributed by atoms with van der Waals surface area (Å²) in [7, 11) is 3.53. The first kappa shape index (κ1) is 13.3. The smallest absolute Gasteiger partial charge is 0.319 e. The van der Waals surface area contributed by atoms with E-state index in [0.717, 1.165) is 19.4 Å². The minimum atomic E-state index is -0.183. The number of amides is 2. The maximum absolute atomic E-state index is 11.7. The first-order chi connectivity index (χ1) is 7.54. The number of aliphatic hydroxyl groups excluding tert-OH is 1. The molecule has 0 unspecified atom stereocenters. The van der Waals surface area contributed by atoms with Crippen molar-refractivity contribution in [2.75, 3.05) is 40.3 Å². The molecule has 2 N–H and O–H groups in total. The molecule has 0 atom stereocenters. The number of nitrogens with one attached hydrogen (secondary N) is 1. The van der Waals surface area contributed by atoms with Crippen molar-refractivity contribution in [1.82, 2.24) is 15.1 Å². The predicted octanol–water partition coefficient (Wildman–Crippen LogP) is 0.104. The lowest BCUT2D eigenvalue weighted by atomic mass is 9.88. The Kier molecular flexibility index (Phi) is 4.56. The number of urea groups is 1. The third-order valence-corrected chi connectivity index (χ3v) is 3.23. The van der Waals surface area contributed by atoms with Crippen LogP contribution in [-0.2, 0) is 0 Å². The van der Waals surface area contributed by atoms with Crippen LogP contribution in [0.1, 0.15) is 19.8 Å². The van der Waals surface area contributed by atoms with Crippen molar-refractivity contribution in [3.8, 4) is 0 Å². The third kappa shape index (κ3) is 2.86. The Morgan fingerprint density at radius 3 is 2.38 bits per heavy atom. The van der Waals surface area contributed by atoms with E-state index in [1.165, 1.54) is 0 Å². The first-order valence-corrected chi connectivity index (χ1v) is 5.87. The first-order valence-electron chi connectivity index (χ1n) is 5.87. The SMILES string of the molecule is CCNC1(CO)CCN(C(=O)N(C)C)CC1. The number of piperidine rings is 1. The van der Waals surface area contributed by atoms with Gasteiger partial charge in [0.1, 0.15) is 0 Å². The maximum atomic E-state index is 11.7. The normalized spacial score (nSPS) is 19.6. The number of carbonyl (C=O) groups is 1. The number of hydrogen-bond donors (Lipinski definition) is 2. The number of nitrogens with zero attached hydrogens (tertiary/aromatic N) is 2. The molecule has 94 valence electrons. The van der Waals surface area contributed by atoms with Crippen LogP contribution in [0, 0.1) is 0 Å². The second kappa shape index (κ2) is 5.50. The van der Waals surface area contributed by atoms with Crippen LogP contribution in [0.4, 0.5) is 4.79 Å². The number of likely N-dealkylation sites (tertiary alicyclic amines) is 1. The fraction of sp³-hybridized carbons (Fsp3) is 0.909. The van der Waals surface area contributed by atoms with Gasteiger partial charge in [0.05, 0.1) is 6.61 Å². The Morgan fingerprint density at radius 2 is 2.00 bits per heavy atom. The molecule has 5 nitrogen and oxygen atoms in total. The number of rotatable bonds is 3. The largest absolute Gasteiger partial charge is 0.394 e. The van der Waals surface area contributed by atoms with Crippen LogP contribution >= 0.6 is 0 Å². The molecule has 0 radical (unpaired) electrons. The molecule has 1 saturated heterocycles. The molecule has 0 saturated carbocycles. The molecule has 16 heavy (non-hydrogen) atoms. The maximum Gasteiger partial charge on any atom is 0.319 e. The van der Waals surface area contributed by atoms with Gasteiger partial charge in [-0.2, -0.15) is 0 Å². The fourth-order valence-electron chi connectivity index (χ4n) is 2.17. The van der Waals surface area contributed by atoms with Crippen LogP contribution in [-0.4, -0.2) is 66.8 Å². The zero-order valence-electron chi connectivity index (χ0n) is 10.5. The van der Waals surface area contributed by atoms with Gasteiger partial charge in [0.2, 0.25) is 0 Å². The number of likely N-dealkylation sites (N-methyl/N-ethyl adjacent to an activating group) is 1. The van der Waals surface area contributed by atoms with Gasteiger partial charge in [-0.25, -0.2) is 4.79 Å². The summed E-state index contributed by atoms with van der Waals surface area (Å²) < 4.78 is 0. The van der Waals surface area contributed by atoms with Gasteiger partial charge in [-0.05, 0) is 19.4 Å². The molecular weight excluding hydrogens is 206 g/mol. The van der Waals surface area contributed by atoms with Crippen LogP contribution in [0.3, 0.4) is 0 Å². The van der Waals surface area contributed by atoms with Crippen molar-refractivity contribution in [2.24, 2.45) is 0 Å². The summed E-state index contributed by atoms with van der Waals surface area (Å²) in [6, 6.07) is 0.0584. The molecule has 0 aliphatic carbocycles. The molecular formula is C11H23N3O2. The molecule has 0 spiro atoms. The van der Waals surface area contributed by atoms with Crippen LogP contribution in [0.15, 0.2) is 0 Å². The monoisotopic (exact) mass is 229 g/mol. The Bertz CT molecular complexity index is 235. The van der Waals surface area contributed by atoms with E-state index in [1.54, 1.807) is 19.0 Å². The standard InChI is InChI=1S/C11H23N3O2/c1-4-12-11(9-15)5-7-14(8-6-11)10(16)13(2)3/h12,15H,4-9H2,1-3H3. The van der Waals surface area contributed by atoms with Crippen LogP contribution < -0.4 is 5.32 Å². The summed E-state index contributed by atoms with van der Waals surface area (Å²) in [5, 5.41) is 12.8. The Morgan fingerprint density at radius 1 is 1.44 bits per heavy atom. The lowest BCUT2D eigenvalue weighted by Crippen LogP contribution is -2.57. The molecule has 2 amide bonds. The van der Waals surface area contributed by atoms with E-state index in [9.17, 15) is 9.90 Å². The zero-order chi connectivity index (χ0) is 12.2. The number of carbonyl (C=O) groups excluding carboxylic acids is 1. The summed E-state index contributed by atoms with van der Waals surface area (Å²) in [5.74, 6) is 0. The van der Waals surface area contributed by atoms with Gasteiger partial charge in [-0.1, -0.05) is 6.92 Å². The van der Waals surface area contributed by atoms with Gasteiger partial charge in [0, 0.05) is 32.7 Å². The molecule has 0 bridgehead atoms. The highest BCUT2D eigenvalue weighted by Crippen LogP contribution is 2.22. The van der Waals surface area contributed by atoms with Gasteiger partial charge < -0.3 is 20.2 Å². The number of hydrogen-bond acceptors (Lipinski definition) is 3. The van der Waals surface area contributed by atoms with E-state index in [2.05, 4.69) is 5.32 Å². The highest BCUT2D eigenvalue weighted by molar-refractivity contribution is 5.73. The summed E-state index contributed by atoms with van der Waals surface area (Å²) in [6.07, 6.45) is 1.63. The van der Waals surface area contributed by atoms with Crippen molar-refractivity contribution in [2.45, 2.75) is 25.3 Å². The van der Waals surface area contributed by atoms with Gasteiger partial charge in [0.25, 0.3) is 0 Å². The third-order valence-electron chi connectivity index (χ3n) is 3.23. The summed E-state index contributed by atoms with van der Waals surface area (Å²) in [5.41, 5.74) is -0.183. The van der Waals surface area contributed by atoms with Gasteiger partial charge in [0.15, 0.2) is 0 Å². The van der Waals surface area contributed by atoms with E-state index < -0.39 is 0 Å². The zero-order valence-corrected chi connectivity index (χ0v) is 10.5. The van der Waals surface area contributed by atoms with Gasteiger partial charge >= 0.3 is 6.03 Å². The van der Waals surface area contributed by atoms with Crippen LogP contribution in [0.5, 0.6) is 0 Å². The van der Waals surface area contributed by atoms with Gasteiger partial charge in [-0.3, -0.25) is 0 Å². The van der Waals surface area contributed by atoms with E-state index in [-0.39, 0.29) is 18.2 Å². The number of aliphatic hydroxyl groups is 1. The van der Waals surface area contributed by atoms with Crippen molar-refractivity contribution in [3.63, 3.8) is 0 Å². The average molecular weight is 229 g/mol. The second-order valence-corrected chi connectivity index (χ2v) is 4.63. The minimum absolute atomic E-state index is 0.0584. The summed E-state index contributed by atoms with van der Waals surface area (Å²) in [4.78, 5) is 15.2. The predicted molar refractivity (Wildman–Crippen MR) is 63.4 cm³/mol. The van der Waals surface area contributed by atoms with Crippen molar-refractivity contribution in [1.29, 1.82) is 0 Å². The van der Waals surface area contributed by atoms with Crippen molar-refractivity contribution >= 4 is 6.03 Å². The van der Waals surface area contributed by atoms with Crippen molar-refractivity contribution in [3.05, 3.63) is 0 Å². The fourth-order valence-corrected chi connectivity index (χ4v) is 2.17. The summed E-state index contributed by atoms with van der Waals surface area (Å²) >= 11 is 0. The molecule has 0 aromatic heterocycles. The molecule has 1 fully saturated rings. The second-order valence-electron chi connectivity index (χ2n) is 4.63. The minimum Gasteiger partial charge on any atom is -0.394 e. The lowest BCUT2D eigenvalue weighted by molar-refractivity contribution is 0.0835. The molecule has 1 aliphatic heterocycles. The molecule has 1 aliphatic rings. The molecule has 5 heteroatoms. The molecule has 1 heterocycles. The molecule has 0 aromatic carbocycles. The van der Waals surface area contributed by atoms with Gasteiger partial charge in [-0.15, -0.1) is 0 Å². The molecule has 1 rings (SSSR count). The topological polar surface area (TPSA) is 55.8 Å². The Labute approximate surface area is 97.4 Å².